The number of ketones is 1. The van der Waals surface area contributed by atoms with Crippen LogP contribution in [-0.2, 0) is 0 Å². The fraction of sp³-hybridized carbons (Fsp3) is 0.182. The van der Waals surface area contributed by atoms with Gasteiger partial charge in [0.1, 0.15) is 11.8 Å². The summed E-state index contributed by atoms with van der Waals surface area (Å²) < 4.78 is 5.64. The third kappa shape index (κ3) is 3.40. The molecule has 3 atom stereocenters. The number of Topliss-reactive ketones (excluding diaryl/α,β-unsaturated/α-hetero) is 1. The van der Waals surface area contributed by atoms with Crippen LogP contribution in [0.4, 0.5) is 5.69 Å². The van der Waals surface area contributed by atoms with Crippen molar-refractivity contribution in [2.75, 3.05) is 11.5 Å². The summed E-state index contributed by atoms with van der Waals surface area (Å²) in [6, 6.07) is 32.2. The molecule has 0 aliphatic carbocycles. The summed E-state index contributed by atoms with van der Waals surface area (Å²) >= 11 is 0. The van der Waals surface area contributed by atoms with E-state index >= 15 is 0 Å². The molecule has 184 valence electrons. The molecule has 2 aliphatic rings. The highest BCUT2D eigenvalue weighted by molar-refractivity contribution is 6.08. The molecule has 0 spiro atoms. The Bertz CT molecular complexity index is 1630. The number of rotatable bonds is 5. The van der Waals surface area contributed by atoms with Crippen LogP contribution in [0.3, 0.4) is 0 Å². The van der Waals surface area contributed by atoms with Crippen molar-refractivity contribution in [1.82, 2.24) is 0 Å². The molecule has 4 aromatic carbocycles. The van der Waals surface area contributed by atoms with Gasteiger partial charge >= 0.3 is 0 Å². The zero-order valence-corrected chi connectivity index (χ0v) is 20.9. The first-order valence-corrected chi connectivity index (χ1v) is 12.8. The van der Waals surface area contributed by atoms with Gasteiger partial charge in [-0.15, -0.1) is 0 Å². The normalized spacial score (nSPS) is 20.7. The largest absolute Gasteiger partial charge is 0.494 e. The molecule has 2 aliphatic heterocycles. The van der Waals surface area contributed by atoms with E-state index in [0.717, 1.165) is 27.6 Å². The lowest BCUT2D eigenvalue weighted by molar-refractivity contribution is 0.0951. The molecule has 2 heterocycles. The lowest BCUT2D eigenvalue weighted by Gasteiger charge is -2.36. The first-order chi connectivity index (χ1) is 18.6. The maximum absolute atomic E-state index is 14.4. The number of hydrogen-bond acceptors (Lipinski definition) is 5. The Kier molecular flexibility index (Phi) is 5.70. The van der Waals surface area contributed by atoms with Gasteiger partial charge in [0.15, 0.2) is 11.2 Å². The Morgan fingerprint density at radius 2 is 1.63 bits per heavy atom. The number of nitriles is 2. The minimum atomic E-state index is -1.49. The average Bonchev–Trinajstić information content (AvgIpc) is 3.28. The lowest BCUT2D eigenvalue weighted by atomic mass is 9.69. The molecule has 0 N–H and O–H groups in total. The predicted molar refractivity (Wildman–Crippen MR) is 148 cm³/mol. The van der Waals surface area contributed by atoms with Crippen molar-refractivity contribution < 1.29 is 9.53 Å². The van der Waals surface area contributed by atoms with E-state index in [2.05, 4.69) is 18.2 Å². The number of carbonyl (C=O) groups is 1. The van der Waals surface area contributed by atoms with Crippen LogP contribution in [0.5, 0.6) is 5.75 Å². The van der Waals surface area contributed by atoms with E-state index in [1.165, 1.54) is 0 Å². The third-order valence-corrected chi connectivity index (χ3v) is 7.77. The molecule has 0 unspecified atom stereocenters. The quantitative estimate of drug-likeness (QED) is 0.295. The topological polar surface area (TPSA) is 77.1 Å². The van der Waals surface area contributed by atoms with E-state index in [1.807, 2.05) is 96.8 Å². The second-order valence-electron chi connectivity index (χ2n) is 9.68. The molecule has 1 saturated heterocycles. The van der Waals surface area contributed by atoms with Crippen LogP contribution < -0.4 is 9.64 Å². The molecule has 4 aromatic rings. The Labute approximate surface area is 221 Å². The van der Waals surface area contributed by atoms with Gasteiger partial charge in [-0.05, 0) is 35.6 Å². The minimum Gasteiger partial charge on any atom is -0.494 e. The van der Waals surface area contributed by atoms with Crippen LogP contribution in [0.25, 0.3) is 16.8 Å². The third-order valence-electron chi connectivity index (χ3n) is 7.77. The Hall–Kier alpha value is -4.87. The molecule has 0 radical (unpaired) electrons. The summed E-state index contributed by atoms with van der Waals surface area (Å²) in [5, 5.41) is 23.4. The van der Waals surface area contributed by atoms with Gasteiger partial charge in [-0.25, -0.2) is 0 Å². The monoisotopic (exact) mass is 495 g/mol. The van der Waals surface area contributed by atoms with Crippen LogP contribution in [0.2, 0.25) is 0 Å². The molecule has 0 amide bonds. The maximum Gasteiger partial charge on any atom is 0.185 e. The van der Waals surface area contributed by atoms with Crippen LogP contribution >= 0.6 is 0 Å². The molecular weight excluding hydrogens is 470 g/mol. The van der Waals surface area contributed by atoms with Crippen LogP contribution in [0.15, 0.2) is 97.1 Å². The zero-order chi connectivity index (χ0) is 26.3. The van der Waals surface area contributed by atoms with E-state index in [0.29, 0.717) is 17.9 Å². The fourth-order valence-corrected chi connectivity index (χ4v) is 6.13. The molecular formula is C33H25N3O2. The van der Waals surface area contributed by atoms with Gasteiger partial charge in [-0.2, -0.15) is 10.5 Å². The molecule has 6 rings (SSSR count). The second-order valence-corrected chi connectivity index (χ2v) is 9.68. The van der Waals surface area contributed by atoms with Gasteiger partial charge < -0.3 is 9.64 Å². The first kappa shape index (κ1) is 23.5. The smallest absolute Gasteiger partial charge is 0.185 e. The molecule has 5 nitrogen and oxygen atoms in total. The van der Waals surface area contributed by atoms with Gasteiger partial charge in [0.25, 0.3) is 0 Å². The van der Waals surface area contributed by atoms with Crippen LogP contribution in [0, 0.1) is 28.1 Å². The Morgan fingerprint density at radius 3 is 2.34 bits per heavy atom. The lowest BCUT2D eigenvalue weighted by Crippen LogP contribution is -2.44. The molecule has 0 bridgehead atoms. The standard InChI is InChI=1S/C33H25N3O2/c1-2-38-26-17-14-23(15-18-26)29-31(32(37)25-9-4-3-5-10-25)36-28(33(29,20-34)21-35)19-16-24-13-12-22-8-6-7-11-27(22)30(24)36/h3-19,28-29,31H,2H2,1H3/t28-,29-,31+/m1/s1. The summed E-state index contributed by atoms with van der Waals surface area (Å²) in [5.74, 6) is -0.106. The van der Waals surface area contributed by atoms with Gasteiger partial charge in [0, 0.05) is 16.9 Å². The summed E-state index contributed by atoms with van der Waals surface area (Å²) in [5.41, 5.74) is 1.66. The van der Waals surface area contributed by atoms with Gasteiger partial charge in [-0.1, -0.05) is 91.0 Å². The molecule has 0 aromatic heterocycles. The first-order valence-electron chi connectivity index (χ1n) is 12.8. The number of carbonyl (C=O) groups excluding carboxylic acids is 1. The summed E-state index contributed by atoms with van der Waals surface area (Å²) in [4.78, 5) is 16.5. The molecule has 38 heavy (non-hydrogen) atoms. The number of nitrogens with zero attached hydrogens (tertiary/aromatic N) is 3. The van der Waals surface area contributed by atoms with E-state index in [-0.39, 0.29) is 5.78 Å². The van der Waals surface area contributed by atoms with E-state index in [4.69, 9.17) is 4.74 Å². The van der Waals surface area contributed by atoms with Crippen LogP contribution in [0.1, 0.15) is 34.3 Å². The molecule has 1 fully saturated rings. The fourth-order valence-electron chi connectivity index (χ4n) is 6.13. The van der Waals surface area contributed by atoms with Crippen LogP contribution in [-0.4, -0.2) is 24.5 Å². The number of fused-ring (bicyclic) bond motifs is 5. The highest BCUT2D eigenvalue weighted by atomic mass is 16.5. The summed E-state index contributed by atoms with van der Waals surface area (Å²) in [6.45, 7) is 2.45. The van der Waals surface area contributed by atoms with Crippen molar-refractivity contribution in [2.45, 2.75) is 24.9 Å². The van der Waals surface area contributed by atoms with E-state index < -0.39 is 23.4 Å². The van der Waals surface area contributed by atoms with Crippen molar-refractivity contribution in [2.24, 2.45) is 5.41 Å². The minimum absolute atomic E-state index is 0.115. The van der Waals surface area contributed by atoms with Crippen molar-refractivity contribution in [1.29, 1.82) is 10.5 Å². The number of hydrogen-bond donors (Lipinski definition) is 0. The van der Waals surface area contributed by atoms with Crippen molar-refractivity contribution in [3.8, 4) is 17.9 Å². The SMILES string of the molecule is CCOc1ccc([C@@H]2[C@@H](C(=O)c3ccccc3)N3c4c(ccc5ccccc45)C=C[C@@H]3C2(C#N)C#N)cc1. The number of ether oxygens (including phenoxy) is 1. The summed E-state index contributed by atoms with van der Waals surface area (Å²) in [6.07, 6.45) is 3.90. The van der Waals surface area contributed by atoms with Gasteiger partial charge in [0.05, 0.1) is 30.5 Å². The Balaban J connectivity index is 1.64. The maximum atomic E-state index is 14.4. The van der Waals surface area contributed by atoms with E-state index in [9.17, 15) is 15.3 Å². The average molecular weight is 496 g/mol. The zero-order valence-electron chi connectivity index (χ0n) is 20.9. The highest BCUT2D eigenvalue weighted by Gasteiger charge is 2.63. The molecule has 5 heteroatoms. The van der Waals surface area contributed by atoms with Gasteiger partial charge in [-0.3, -0.25) is 4.79 Å². The number of benzene rings is 4. The van der Waals surface area contributed by atoms with Crippen molar-refractivity contribution in [3.63, 3.8) is 0 Å². The Morgan fingerprint density at radius 1 is 0.921 bits per heavy atom. The van der Waals surface area contributed by atoms with Crippen molar-refractivity contribution in [3.05, 3.63) is 114 Å². The van der Waals surface area contributed by atoms with Gasteiger partial charge in [0.2, 0.25) is 0 Å². The highest BCUT2D eigenvalue weighted by Crippen LogP contribution is 2.56. The van der Waals surface area contributed by atoms with E-state index in [1.54, 1.807) is 12.1 Å². The predicted octanol–water partition coefficient (Wildman–Crippen LogP) is 6.52. The van der Waals surface area contributed by atoms with Crippen molar-refractivity contribution >= 4 is 28.3 Å². The second kappa shape index (κ2) is 9.21. The number of anilines is 1. The molecule has 0 saturated carbocycles. The summed E-state index contributed by atoms with van der Waals surface area (Å²) in [7, 11) is 0.